The number of amides is 1. The van der Waals surface area contributed by atoms with Gasteiger partial charge in [0.2, 0.25) is 10.0 Å². The lowest BCUT2D eigenvalue weighted by atomic mass is 10.0. The van der Waals surface area contributed by atoms with E-state index in [0.29, 0.717) is 5.52 Å². The molecule has 0 aliphatic heterocycles. The highest BCUT2D eigenvalue weighted by Crippen LogP contribution is 2.24. The number of aromatic nitrogens is 2. The summed E-state index contributed by atoms with van der Waals surface area (Å²) in [6.45, 7) is 3.68. The number of fused-ring (bicyclic) bond motifs is 1. The molecular formula is C26H31N5O6S2. The topological polar surface area (TPSA) is 161 Å². The number of benzene rings is 2. The van der Waals surface area contributed by atoms with Crippen molar-refractivity contribution in [2.45, 2.75) is 43.9 Å². The van der Waals surface area contributed by atoms with Crippen LogP contribution in [0.1, 0.15) is 24.3 Å². The van der Waals surface area contributed by atoms with Crippen molar-refractivity contribution in [3.05, 3.63) is 71.2 Å². The van der Waals surface area contributed by atoms with Gasteiger partial charge in [-0.05, 0) is 47.6 Å². The highest BCUT2D eigenvalue weighted by atomic mass is 32.2. The predicted octanol–water partition coefficient (Wildman–Crippen LogP) is 3.41. The van der Waals surface area contributed by atoms with Gasteiger partial charge in [0.1, 0.15) is 12.1 Å². The van der Waals surface area contributed by atoms with Gasteiger partial charge in [0.25, 0.3) is 6.01 Å². The fourth-order valence-electron chi connectivity index (χ4n) is 4.04. The molecule has 2 aromatic heterocycles. The van der Waals surface area contributed by atoms with E-state index in [0.717, 1.165) is 10.4 Å². The summed E-state index contributed by atoms with van der Waals surface area (Å²) in [7, 11) is -4.05. The molecule has 13 heteroatoms. The van der Waals surface area contributed by atoms with Gasteiger partial charge >= 0.3 is 6.09 Å². The number of aliphatic hydroxyl groups excluding tert-OH is 1. The summed E-state index contributed by atoms with van der Waals surface area (Å²) in [6, 6.07) is 14.5. The van der Waals surface area contributed by atoms with Gasteiger partial charge in [-0.1, -0.05) is 44.2 Å². The van der Waals surface area contributed by atoms with Crippen molar-refractivity contribution in [2.24, 2.45) is 5.92 Å². The van der Waals surface area contributed by atoms with E-state index in [1.807, 2.05) is 44.2 Å². The first-order valence-electron chi connectivity index (χ1n) is 12.3. The third-order valence-corrected chi connectivity index (χ3v) is 8.42. The van der Waals surface area contributed by atoms with Gasteiger partial charge in [-0.3, -0.25) is 0 Å². The molecule has 4 rings (SSSR count). The quantitative estimate of drug-likeness (QED) is 0.231. The predicted molar refractivity (Wildman–Crippen MR) is 147 cm³/mol. The first kappa shape index (κ1) is 28.5. The molecule has 4 aromatic rings. The minimum Gasteiger partial charge on any atom is -0.444 e. The number of carbonyl (C=O) groups excluding carboxylic acids is 1. The number of anilines is 1. The van der Waals surface area contributed by atoms with Gasteiger partial charge in [-0.2, -0.15) is 9.29 Å². The maximum atomic E-state index is 13.7. The summed E-state index contributed by atoms with van der Waals surface area (Å²) in [5, 5.41) is 14.0. The van der Waals surface area contributed by atoms with Crippen LogP contribution in [0.25, 0.3) is 11.1 Å². The molecular weight excluding hydrogens is 542 g/mol. The number of rotatable bonds is 12. The number of nitrogen functional groups attached to an aromatic ring is 1. The molecule has 4 N–H and O–H groups in total. The lowest BCUT2D eigenvalue weighted by Gasteiger charge is -2.30. The average Bonchev–Trinajstić information content (AvgIpc) is 3.55. The number of sulfonamides is 1. The van der Waals surface area contributed by atoms with Crippen molar-refractivity contribution in [1.29, 1.82) is 0 Å². The molecule has 2 aromatic carbocycles. The number of aliphatic hydroxyl groups is 1. The van der Waals surface area contributed by atoms with Crippen molar-refractivity contribution in [2.75, 3.05) is 18.8 Å². The number of hydrogen-bond donors (Lipinski definition) is 3. The van der Waals surface area contributed by atoms with Crippen LogP contribution >= 0.6 is 11.5 Å². The zero-order valence-corrected chi connectivity index (χ0v) is 23.2. The summed E-state index contributed by atoms with van der Waals surface area (Å²) in [4.78, 5) is 17.4. The lowest BCUT2D eigenvalue weighted by Crippen LogP contribution is -2.51. The minimum atomic E-state index is -4.05. The van der Waals surface area contributed by atoms with Gasteiger partial charge in [0, 0.05) is 25.4 Å². The van der Waals surface area contributed by atoms with Crippen molar-refractivity contribution in [3.8, 4) is 0 Å². The van der Waals surface area contributed by atoms with Crippen LogP contribution < -0.4 is 11.1 Å². The molecule has 0 radical (unpaired) electrons. The molecule has 0 saturated carbocycles. The Hall–Kier alpha value is -3.52. The van der Waals surface area contributed by atoms with E-state index in [9.17, 15) is 18.3 Å². The van der Waals surface area contributed by atoms with Gasteiger partial charge in [-0.15, -0.1) is 0 Å². The summed E-state index contributed by atoms with van der Waals surface area (Å²) in [5.74, 6) is -0.0402. The summed E-state index contributed by atoms with van der Waals surface area (Å²) in [5.41, 5.74) is 7.14. The second kappa shape index (κ2) is 12.6. The number of hydrogen-bond acceptors (Lipinski definition) is 10. The van der Waals surface area contributed by atoms with E-state index in [-0.39, 0.29) is 48.5 Å². The molecule has 0 aliphatic carbocycles. The Labute approximate surface area is 230 Å². The highest BCUT2D eigenvalue weighted by Gasteiger charge is 2.32. The van der Waals surface area contributed by atoms with Crippen LogP contribution in [0, 0.1) is 5.92 Å². The van der Waals surface area contributed by atoms with Crippen molar-refractivity contribution >= 4 is 44.8 Å². The Kier molecular flexibility index (Phi) is 9.17. The smallest absolute Gasteiger partial charge is 0.407 e. The number of nitrogens with zero attached hydrogens (tertiary/aromatic N) is 3. The number of alkyl carbamates (subject to hydrolysis) is 1. The van der Waals surface area contributed by atoms with E-state index >= 15 is 0 Å². The Morgan fingerprint density at radius 2 is 1.95 bits per heavy atom. The van der Waals surface area contributed by atoms with Crippen LogP contribution in [0.4, 0.5) is 10.8 Å². The number of carbonyl (C=O) groups is 1. The Morgan fingerprint density at radius 3 is 2.64 bits per heavy atom. The molecule has 0 bridgehead atoms. The molecule has 0 aliphatic rings. The Balaban J connectivity index is 1.55. The van der Waals surface area contributed by atoms with Crippen LogP contribution in [0.2, 0.25) is 0 Å². The van der Waals surface area contributed by atoms with Gasteiger partial charge in [0.05, 0.1) is 21.9 Å². The number of ether oxygens (including phenoxy) is 1. The number of oxazole rings is 1. The summed E-state index contributed by atoms with van der Waals surface area (Å²) < 4.78 is 43.2. The first-order valence-corrected chi connectivity index (χ1v) is 14.5. The maximum absolute atomic E-state index is 13.7. The maximum Gasteiger partial charge on any atom is 0.407 e. The molecule has 0 saturated heterocycles. The average molecular weight is 574 g/mol. The third kappa shape index (κ3) is 7.53. The van der Waals surface area contributed by atoms with Crippen LogP contribution in [0.3, 0.4) is 0 Å². The monoisotopic (exact) mass is 573 g/mol. The van der Waals surface area contributed by atoms with Gasteiger partial charge in [0.15, 0.2) is 5.58 Å². The summed E-state index contributed by atoms with van der Waals surface area (Å²) in [6.07, 6.45) is -0.104. The second-order valence-corrected chi connectivity index (χ2v) is 12.3. The van der Waals surface area contributed by atoms with Crippen LogP contribution in [0.15, 0.2) is 70.1 Å². The van der Waals surface area contributed by atoms with Gasteiger partial charge < -0.3 is 25.3 Å². The van der Waals surface area contributed by atoms with Crippen molar-refractivity contribution in [1.82, 2.24) is 19.0 Å². The fourth-order valence-corrected chi connectivity index (χ4v) is 6.17. The van der Waals surface area contributed by atoms with Crippen molar-refractivity contribution in [3.63, 3.8) is 0 Å². The molecule has 1 amide bonds. The lowest BCUT2D eigenvalue weighted by molar-refractivity contribution is 0.0876. The minimum absolute atomic E-state index is 0.0180. The van der Waals surface area contributed by atoms with Gasteiger partial charge in [-0.25, -0.2) is 17.6 Å². The summed E-state index contributed by atoms with van der Waals surface area (Å²) >= 11 is 1.21. The highest BCUT2D eigenvalue weighted by molar-refractivity contribution is 7.89. The van der Waals surface area contributed by atoms with E-state index in [1.165, 1.54) is 34.0 Å². The van der Waals surface area contributed by atoms with Crippen LogP contribution in [-0.4, -0.2) is 58.5 Å². The SMILES string of the molecule is CC(C)CN(C[C@@H](O)[C@H](Cc1ccccc1)NC(=O)OCc1ccns1)S(=O)(=O)c1ccc2nc(N)oc2c1. The zero-order valence-electron chi connectivity index (χ0n) is 21.6. The first-order chi connectivity index (χ1) is 18.6. The third-order valence-electron chi connectivity index (χ3n) is 5.88. The molecule has 208 valence electrons. The Morgan fingerprint density at radius 1 is 1.18 bits per heavy atom. The van der Waals surface area contributed by atoms with Crippen molar-refractivity contribution < 1.29 is 27.5 Å². The molecule has 2 atom stereocenters. The molecule has 0 unspecified atom stereocenters. The van der Waals surface area contributed by atoms with E-state index in [2.05, 4.69) is 14.7 Å². The number of nitrogens with one attached hydrogen (secondary N) is 1. The van der Waals surface area contributed by atoms with E-state index in [4.69, 9.17) is 14.9 Å². The normalized spacial score (nSPS) is 13.6. The molecule has 39 heavy (non-hydrogen) atoms. The zero-order chi connectivity index (χ0) is 28.0. The second-order valence-electron chi connectivity index (χ2n) is 9.46. The molecule has 11 nitrogen and oxygen atoms in total. The van der Waals surface area contributed by atoms with E-state index < -0.39 is 28.3 Å². The number of nitrogens with two attached hydrogens (primary N) is 1. The standard InChI is InChI=1S/C26H31N5O6S2/c1-17(2)14-31(39(34,35)20-8-9-21-24(13-20)37-25(27)29-21)15-23(32)22(12-18-6-4-3-5-7-18)30-26(33)36-16-19-10-11-28-38-19/h3-11,13,17,22-23,32H,12,14-16H2,1-2H3,(H2,27,29)(H,30,33)/t22-,23+/m0/s1. The molecule has 0 spiro atoms. The van der Waals surface area contributed by atoms with Crippen LogP contribution in [-0.2, 0) is 27.8 Å². The van der Waals surface area contributed by atoms with E-state index in [1.54, 1.807) is 12.3 Å². The Bertz CT molecular complexity index is 1480. The fraction of sp³-hybridized carbons (Fsp3) is 0.346. The molecule has 2 heterocycles. The molecule has 0 fully saturated rings. The largest absolute Gasteiger partial charge is 0.444 e. The van der Waals surface area contributed by atoms with Crippen LogP contribution in [0.5, 0.6) is 0 Å².